The summed E-state index contributed by atoms with van der Waals surface area (Å²) in [6, 6.07) is 3.48. The molecule has 1 saturated heterocycles. The molecule has 2 heterocycles. The first-order valence-corrected chi connectivity index (χ1v) is 6.27. The van der Waals surface area contributed by atoms with Gasteiger partial charge in [-0.25, -0.2) is 0 Å². The second-order valence-corrected chi connectivity index (χ2v) is 6.03. The number of pyridine rings is 1. The molecular weight excluding hydrogens is 285 g/mol. The molecule has 1 aromatic heterocycles. The largest absolute Gasteiger partial charge is 0.500 e. The lowest BCUT2D eigenvalue weighted by Gasteiger charge is -2.32. The second kappa shape index (κ2) is 3.97. The van der Waals surface area contributed by atoms with Crippen molar-refractivity contribution in [3.05, 3.63) is 27.1 Å². The van der Waals surface area contributed by atoms with E-state index in [9.17, 15) is 4.79 Å². The van der Waals surface area contributed by atoms with Crippen molar-refractivity contribution in [2.45, 2.75) is 38.9 Å². The van der Waals surface area contributed by atoms with Gasteiger partial charge in [0.1, 0.15) is 0 Å². The van der Waals surface area contributed by atoms with Gasteiger partial charge in [-0.3, -0.25) is 4.79 Å². The number of hydrogen-bond donors (Lipinski definition) is 1. The number of rotatable bonds is 1. The van der Waals surface area contributed by atoms with Crippen LogP contribution in [-0.4, -0.2) is 23.3 Å². The first kappa shape index (κ1) is 12.9. The molecule has 0 bridgehead atoms. The van der Waals surface area contributed by atoms with E-state index in [0.717, 1.165) is 0 Å². The molecule has 0 saturated carbocycles. The maximum absolute atomic E-state index is 11.8. The van der Waals surface area contributed by atoms with Crippen LogP contribution in [0.1, 0.15) is 27.7 Å². The van der Waals surface area contributed by atoms with Crippen LogP contribution in [0.25, 0.3) is 0 Å². The minimum absolute atomic E-state index is 0.196. The molecule has 17 heavy (non-hydrogen) atoms. The minimum Gasteiger partial charge on any atom is -0.399 e. The SMILES string of the molecule is CC1(C)OB(c2ccc(Br)[nH]c2=O)OC1(C)C. The summed E-state index contributed by atoms with van der Waals surface area (Å²) >= 11 is 3.21. The van der Waals surface area contributed by atoms with Crippen molar-refractivity contribution in [2.24, 2.45) is 0 Å². The van der Waals surface area contributed by atoms with Crippen LogP contribution in [0, 0.1) is 0 Å². The molecule has 0 aliphatic carbocycles. The number of H-pyrrole nitrogens is 1. The van der Waals surface area contributed by atoms with Crippen molar-refractivity contribution < 1.29 is 9.31 Å². The molecule has 0 radical (unpaired) electrons. The molecule has 0 atom stereocenters. The Labute approximate surface area is 109 Å². The fraction of sp³-hybridized carbons (Fsp3) is 0.545. The van der Waals surface area contributed by atoms with Crippen molar-refractivity contribution in [2.75, 3.05) is 0 Å². The lowest BCUT2D eigenvalue weighted by molar-refractivity contribution is 0.00578. The third-order valence-electron chi connectivity index (χ3n) is 3.41. The van der Waals surface area contributed by atoms with Crippen LogP contribution < -0.4 is 11.0 Å². The van der Waals surface area contributed by atoms with E-state index in [-0.39, 0.29) is 5.56 Å². The van der Waals surface area contributed by atoms with Crippen molar-refractivity contribution in [1.29, 1.82) is 0 Å². The summed E-state index contributed by atoms with van der Waals surface area (Å²) in [4.78, 5) is 14.5. The van der Waals surface area contributed by atoms with Gasteiger partial charge in [-0.15, -0.1) is 0 Å². The molecular formula is C11H15BBrNO3. The summed E-state index contributed by atoms with van der Waals surface area (Å²) in [6.07, 6.45) is 0. The van der Waals surface area contributed by atoms with E-state index >= 15 is 0 Å². The van der Waals surface area contributed by atoms with Crippen LogP contribution in [0.5, 0.6) is 0 Å². The molecule has 1 aromatic rings. The lowest BCUT2D eigenvalue weighted by atomic mass is 9.80. The van der Waals surface area contributed by atoms with Gasteiger partial charge in [-0.05, 0) is 49.7 Å². The molecule has 1 N–H and O–H groups in total. The fourth-order valence-electron chi connectivity index (χ4n) is 1.62. The van der Waals surface area contributed by atoms with Crippen LogP contribution in [0.3, 0.4) is 0 Å². The quantitative estimate of drug-likeness (QED) is 0.630. The highest BCUT2D eigenvalue weighted by atomic mass is 79.9. The third-order valence-corrected chi connectivity index (χ3v) is 3.87. The normalized spacial score (nSPS) is 21.8. The molecule has 0 unspecified atom stereocenters. The average Bonchev–Trinajstić information content (AvgIpc) is 2.35. The van der Waals surface area contributed by atoms with Crippen LogP contribution in [0.15, 0.2) is 21.5 Å². The van der Waals surface area contributed by atoms with Gasteiger partial charge in [0.15, 0.2) is 0 Å². The zero-order valence-electron chi connectivity index (χ0n) is 10.3. The summed E-state index contributed by atoms with van der Waals surface area (Å²) in [5.41, 5.74) is -0.571. The Hall–Kier alpha value is -0.585. The molecule has 1 aliphatic rings. The van der Waals surface area contributed by atoms with Gasteiger partial charge in [0.05, 0.1) is 15.8 Å². The molecule has 1 fully saturated rings. The van der Waals surface area contributed by atoms with Gasteiger partial charge >= 0.3 is 7.12 Å². The topological polar surface area (TPSA) is 51.3 Å². The summed E-state index contributed by atoms with van der Waals surface area (Å²) in [5, 5.41) is 0. The van der Waals surface area contributed by atoms with Crippen molar-refractivity contribution >= 4 is 28.5 Å². The van der Waals surface area contributed by atoms with E-state index in [2.05, 4.69) is 20.9 Å². The minimum atomic E-state index is -0.614. The van der Waals surface area contributed by atoms with Gasteiger partial charge in [0.25, 0.3) is 0 Å². The van der Waals surface area contributed by atoms with E-state index in [4.69, 9.17) is 9.31 Å². The predicted octanol–water partition coefficient (Wildman–Crippen LogP) is 1.44. The molecule has 0 spiro atoms. The van der Waals surface area contributed by atoms with Gasteiger partial charge in [-0.1, -0.05) is 6.07 Å². The van der Waals surface area contributed by atoms with Crippen LogP contribution in [0.2, 0.25) is 0 Å². The molecule has 92 valence electrons. The third kappa shape index (κ3) is 2.21. The molecule has 0 aromatic carbocycles. The van der Waals surface area contributed by atoms with Crippen LogP contribution in [-0.2, 0) is 9.31 Å². The number of nitrogens with one attached hydrogen (secondary N) is 1. The van der Waals surface area contributed by atoms with Gasteiger partial charge in [-0.2, -0.15) is 0 Å². The molecule has 1 aliphatic heterocycles. The monoisotopic (exact) mass is 299 g/mol. The highest BCUT2D eigenvalue weighted by molar-refractivity contribution is 9.10. The maximum atomic E-state index is 11.8. The smallest absolute Gasteiger partial charge is 0.399 e. The predicted molar refractivity (Wildman–Crippen MR) is 70.5 cm³/mol. The van der Waals surface area contributed by atoms with Gasteiger partial charge < -0.3 is 14.3 Å². The Balaban J connectivity index is 2.36. The van der Waals surface area contributed by atoms with Gasteiger partial charge in [0, 0.05) is 5.46 Å². The number of hydrogen-bond acceptors (Lipinski definition) is 3. The van der Waals surface area contributed by atoms with Gasteiger partial charge in [0.2, 0.25) is 5.56 Å². The average molecular weight is 300 g/mol. The fourth-order valence-corrected chi connectivity index (χ4v) is 1.93. The summed E-state index contributed by atoms with van der Waals surface area (Å²) in [7, 11) is -0.614. The second-order valence-electron chi connectivity index (χ2n) is 5.18. The van der Waals surface area contributed by atoms with E-state index in [1.165, 1.54) is 0 Å². The van der Waals surface area contributed by atoms with Crippen LogP contribution in [0.4, 0.5) is 0 Å². The van der Waals surface area contributed by atoms with E-state index in [1.54, 1.807) is 12.1 Å². The molecule has 0 amide bonds. The standard InChI is InChI=1S/C11H15BBrNO3/c1-10(2)11(3,4)17-12(16-10)7-5-6-8(13)14-9(7)15/h5-6H,1-4H3,(H,14,15). The van der Waals surface area contributed by atoms with Crippen molar-refractivity contribution in [1.82, 2.24) is 4.98 Å². The number of aromatic amines is 1. The summed E-state index contributed by atoms with van der Waals surface area (Å²) in [5.74, 6) is 0. The van der Waals surface area contributed by atoms with Crippen molar-refractivity contribution in [3.8, 4) is 0 Å². The Bertz CT molecular complexity index is 482. The zero-order chi connectivity index (χ0) is 12.8. The maximum Gasteiger partial charge on any atom is 0.500 e. The summed E-state index contributed by atoms with van der Waals surface area (Å²) in [6.45, 7) is 7.83. The Morgan fingerprint density at radius 1 is 1.18 bits per heavy atom. The zero-order valence-corrected chi connectivity index (χ0v) is 11.9. The van der Waals surface area contributed by atoms with Crippen LogP contribution >= 0.6 is 15.9 Å². The Morgan fingerprint density at radius 2 is 1.71 bits per heavy atom. The van der Waals surface area contributed by atoms with E-state index in [1.807, 2.05) is 27.7 Å². The first-order chi connectivity index (χ1) is 7.73. The highest BCUT2D eigenvalue weighted by Gasteiger charge is 2.52. The molecule has 2 rings (SSSR count). The van der Waals surface area contributed by atoms with Crippen molar-refractivity contribution in [3.63, 3.8) is 0 Å². The summed E-state index contributed by atoms with van der Waals surface area (Å²) < 4.78 is 12.3. The van der Waals surface area contributed by atoms with E-state index < -0.39 is 18.3 Å². The number of halogens is 1. The van der Waals surface area contributed by atoms with E-state index in [0.29, 0.717) is 10.1 Å². The first-order valence-electron chi connectivity index (χ1n) is 5.47. The molecule has 6 heteroatoms. The highest BCUT2D eigenvalue weighted by Crippen LogP contribution is 2.36. The Morgan fingerprint density at radius 3 is 2.18 bits per heavy atom. The number of aromatic nitrogens is 1. The Kier molecular flexibility index (Phi) is 3.00. The lowest BCUT2D eigenvalue weighted by Crippen LogP contribution is -2.44. The molecule has 4 nitrogen and oxygen atoms in total.